The zero-order valence-electron chi connectivity index (χ0n) is 18.3. The summed E-state index contributed by atoms with van der Waals surface area (Å²) in [6, 6.07) is 10.1. The van der Waals surface area contributed by atoms with E-state index in [2.05, 4.69) is 0 Å². The summed E-state index contributed by atoms with van der Waals surface area (Å²) in [6.07, 6.45) is 4.32. The summed E-state index contributed by atoms with van der Waals surface area (Å²) in [7, 11) is 1.59. The average molecular weight is 459 g/mol. The van der Waals surface area contributed by atoms with Gasteiger partial charge in [0.1, 0.15) is 5.82 Å². The third-order valence-electron chi connectivity index (χ3n) is 5.36. The number of benzene rings is 1. The third-order valence-corrected chi connectivity index (χ3v) is 6.46. The third kappa shape index (κ3) is 6.26. The van der Waals surface area contributed by atoms with Crippen molar-refractivity contribution in [3.05, 3.63) is 53.2 Å². The molecule has 0 unspecified atom stereocenters. The molecule has 1 aliphatic rings. The van der Waals surface area contributed by atoms with Crippen molar-refractivity contribution < 1.29 is 23.5 Å². The molecular formula is C24H27FN2O4S. The second-order valence-electron chi connectivity index (χ2n) is 7.64. The summed E-state index contributed by atoms with van der Waals surface area (Å²) in [5.74, 6) is -1.04. The van der Waals surface area contributed by atoms with Crippen LogP contribution < -0.4 is 0 Å². The highest BCUT2D eigenvalue weighted by molar-refractivity contribution is 7.16. The molecule has 170 valence electrons. The maximum absolute atomic E-state index is 13.1. The first kappa shape index (κ1) is 23.7. The van der Waals surface area contributed by atoms with Crippen LogP contribution in [0.4, 0.5) is 4.39 Å². The lowest BCUT2D eigenvalue weighted by atomic mass is 9.97. The predicted molar refractivity (Wildman–Crippen MR) is 122 cm³/mol. The minimum absolute atomic E-state index is 0.0154. The number of ether oxygens (including phenoxy) is 1. The lowest BCUT2D eigenvalue weighted by Crippen LogP contribution is -2.45. The molecule has 1 saturated heterocycles. The first-order valence-electron chi connectivity index (χ1n) is 10.6. The number of hydrogen-bond acceptors (Lipinski definition) is 5. The zero-order chi connectivity index (χ0) is 23.1. The van der Waals surface area contributed by atoms with Gasteiger partial charge in [0.2, 0.25) is 11.8 Å². The Labute approximate surface area is 191 Å². The van der Waals surface area contributed by atoms with Crippen LogP contribution in [0.3, 0.4) is 0 Å². The van der Waals surface area contributed by atoms with Gasteiger partial charge in [-0.2, -0.15) is 0 Å². The molecule has 2 heterocycles. The number of piperidine rings is 1. The lowest BCUT2D eigenvalue weighted by molar-refractivity contribution is -0.151. The molecule has 0 spiro atoms. The van der Waals surface area contributed by atoms with Crippen molar-refractivity contribution in [2.75, 3.05) is 33.3 Å². The van der Waals surface area contributed by atoms with Crippen molar-refractivity contribution in [1.29, 1.82) is 0 Å². The molecule has 0 bridgehead atoms. The van der Waals surface area contributed by atoms with Crippen LogP contribution in [0.15, 0.2) is 42.5 Å². The Morgan fingerprint density at radius 1 is 1.16 bits per heavy atom. The van der Waals surface area contributed by atoms with Gasteiger partial charge in [0.05, 0.1) is 19.1 Å². The van der Waals surface area contributed by atoms with Gasteiger partial charge in [-0.1, -0.05) is 12.1 Å². The molecule has 2 aromatic rings. The largest absolute Gasteiger partial charge is 0.466 e. The predicted octanol–water partition coefficient (Wildman–Crippen LogP) is 3.83. The summed E-state index contributed by atoms with van der Waals surface area (Å²) in [5.41, 5.74) is 0.914. The molecule has 8 heteroatoms. The van der Waals surface area contributed by atoms with Crippen molar-refractivity contribution in [2.24, 2.45) is 5.92 Å². The summed E-state index contributed by atoms with van der Waals surface area (Å²) in [4.78, 5) is 41.7. The van der Waals surface area contributed by atoms with Crippen LogP contribution in [0.1, 0.15) is 24.6 Å². The van der Waals surface area contributed by atoms with E-state index in [1.165, 1.54) is 34.4 Å². The number of rotatable bonds is 7. The number of amides is 2. The Hall–Kier alpha value is -3.00. The molecular weight excluding hydrogens is 431 g/mol. The number of likely N-dealkylation sites (tertiary alicyclic amines) is 1. The van der Waals surface area contributed by atoms with Crippen LogP contribution in [0.25, 0.3) is 16.5 Å². The van der Waals surface area contributed by atoms with Crippen LogP contribution in [0.2, 0.25) is 0 Å². The van der Waals surface area contributed by atoms with Crippen molar-refractivity contribution in [3.63, 3.8) is 0 Å². The normalized spacial score (nSPS) is 14.5. The number of hydrogen-bond donors (Lipinski definition) is 0. The van der Waals surface area contributed by atoms with E-state index in [0.29, 0.717) is 32.5 Å². The second kappa shape index (κ2) is 11.0. The van der Waals surface area contributed by atoms with Gasteiger partial charge in [0.25, 0.3) is 0 Å². The Morgan fingerprint density at radius 3 is 2.50 bits per heavy atom. The van der Waals surface area contributed by atoms with E-state index in [9.17, 15) is 18.8 Å². The highest BCUT2D eigenvalue weighted by Crippen LogP contribution is 2.29. The van der Waals surface area contributed by atoms with Crippen LogP contribution in [0.5, 0.6) is 0 Å². The number of esters is 1. The highest BCUT2D eigenvalue weighted by atomic mass is 32.1. The van der Waals surface area contributed by atoms with Crippen LogP contribution in [0, 0.1) is 11.7 Å². The Balaban J connectivity index is 1.48. The van der Waals surface area contributed by atoms with Crippen molar-refractivity contribution in [3.8, 4) is 10.4 Å². The zero-order valence-corrected chi connectivity index (χ0v) is 19.1. The van der Waals surface area contributed by atoms with Gasteiger partial charge in [-0.25, -0.2) is 4.39 Å². The SMILES string of the molecule is CCOC(=O)C1CCN(C(=O)CN(C)C(=O)/C=C/c2ccc(-c3ccc(F)cc3)s2)CC1. The fourth-order valence-corrected chi connectivity index (χ4v) is 4.41. The molecule has 0 saturated carbocycles. The van der Waals surface area contributed by atoms with E-state index in [0.717, 1.165) is 15.3 Å². The molecule has 1 aromatic carbocycles. The topological polar surface area (TPSA) is 66.9 Å². The molecule has 0 radical (unpaired) electrons. The number of carbonyl (C=O) groups excluding carboxylic acids is 3. The molecule has 32 heavy (non-hydrogen) atoms. The Bertz CT molecular complexity index is 978. The van der Waals surface area contributed by atoms with Crippen molar-refractivity contribution in [1.82, 2.24) is 9.80 Å². The van der Waals surface area contributed by atoms with E-state index in [1.807, 2.05) is 12.1 Å². The van der Waals surface area contributed by atoms with Crippen molar-refractivity contribution in [2.45, 2.75) is 19.8 Å². The number of carbonyl (C=O) groups is 3. The number of thiophene rings is 1. The van der Waals surface area contributed by atoms with E-state index in [1.54, 1.807) is 37.1 Å². The van der Waals surface area contributed by atoms with Gasteiger partial charge < -0.3 is 14.5 Å². The fourth-order valence-electron chi connectivity index (χ4n) is 3.50. The number of halogens is 1. The van der Waals surface area contributed by atoms with Gasteiger partial charge in [-0.15, -0.1) is 11.3 Å². The van der Waals surface area contributed by atoms with Crippen molar-refractivity contribution >= 4 is 35.2 Å². The molecule has 1 aromatic heterocycles. The molecule has 2 amide bonds. The van der Waals surface area contributed by atoms with Gasteiger partial charge >= 0.3 is 5.97 Å². The molecule has 1 fully saturated rings. The molecule has 0 atom stereocenters. The maximum atomic E-state index is 13.1. The van der Waals surface area contributed by atoms with E-state index in [4.69, 9.17) is 4.74 Å². The highest BCUT2D eigenvalue weighted by Gasteiger charge is 2.28. The summed E-state index contributed by atoms with van der Waals surface area (Å²) < 4.78 is 18.1. The molecule has 1 aliphatic heterocycles. The molecule has 6 nitrogen and oxygen atoms in total. The van der Waals surface area contributed by atoms with E-state index in [-0.39, 0.29) is 36.1 Å². The Morgan fingerprint density at radius 2 is 1.84 bits per heavy atom. The standard InChI is InChI=1S/C24H27FN2O4S/c1-3-31-24(30)18-12-14-27(15-13-18)23(29)16-26(2)22(28)11-9-20-8-10-21(32-20)17-4-6-19(25)7-5-17/h4-11,18H,3,12-16H2,1-2H3/b11-9+. The van der Waals surface area contributed by atoms with Gasteiger partial charge in [-0.05, 0) is 55.7 Å². The van der Waals surface area contributed by atoms with Gasteiger partial charge in [-0.3, -0.25) is 14.4 Å². The summed E-state index contributed by atoms with van der Waals surface area (Å²) >= 11 is 1.50. The average Bonchev–Trinajstić information content (AvgIpc) is 3.27. The Kier molecular flexibility index (Phi) is 8.16. The molecule has 0 N–H and O–H groups in total. The van der Waals surface area contributed by atoms with Gasteiger partial charge in [0, 0.05) is 36.0 Å². The molecule has 0 aliphatic carbocycles. The quantitative estimate of drug-likeness (QED) is 0.467. The second-order valence-corrected chi connectivity index (χ2v) is 8.76. The lowest BCUT2D eigenvalue weighted by Gasteiger charge is -2.32. The minimum Gasteiger partial charge on any atom is -0.466 e. The monoisotopic (exact) mass is 458 g/mol. The fraction of sp³-hybridized carbons (Fsp3) is 0.375. The van der Waals surface area contributed by atoms with Crippen LogP contribution >= 0.6 is 11.3 Å². The summed E-state index contributed by atoms with van der Waals surface area (Å²) in [6.45, 7) is 3.10. The smallest absolute Gasteiger partial charge is 0.309 e. The van der Waals surface area contributed by atoms with Crippen LogP contribution in [-0.4, -0.2) is 60.9 Å². The molecule has 3 rings (SSSR count). The van der Waals surface area contributed by atoms with Gasteiger partial charge in [0.15, 0.2) is 0 Å². The van der Waals surface area contributed by atoms with E-state index >= 15 is 0 Å². The van der Waals surface area contributed by atoms with Crippen LogP contribution in [-0.2, 0) is 19.1 Å². The summed E-state index contributed by atoms with van der Waals surface area (Å²) in [5, 5.41) is 0. The first-order valence-corrected chi connectivity index (χ1v) is 11.4. The maximum Gasteiger partial charge on any atom is 0.309 e. The first-order chi connectivity index (χ1) is 15.4. The number of likely N-dealkylation sites (N-methyl/N-ethyl adjacent to an activating group) is 1. The number of nitrogens with zero attached hydrogens (tertiary/aromatic N) is 2. The minimum atomic E-state index is -0.281. The van der Waals surface area contributed by atoms with E-state index < -0.39 is 0 Å².